The molecule has 1 amide bonds. The summed E-state index contributed by atoms with van der Waals surface area (Å²) in [4.78, 5) is 18.3. The van der Waals surface area contributed by atoms with Gasteiger partial charge in [0.15, 0.2) is 0 Å². The van der Waals surface area contributed by atoms with Crippen molar-refractivity contribution in [2.24, 2.45) is 0 Å². The molecule has 1 aromatic heterocycles. The van der Waals surface area contributed by atoms with Crippen LogP contribution in [0.25, 0.3) is 22.4 Å². The second-order valence-electron chi connectivity index (χ2n) is 7.14. The van der Waals surface area contributed by atoms with Crippen LogP contribution in [-0.4, -0.2) is 15.5 Å². The van der Waals surface area contributed by atoms with E-state index in [2.05, 4.69) is 16.7 Å². The Balaban J connectivity index is 1.80. The van der Waals surface area contributed by atoms with E-state index >= 15 is 0 Å². The van der Waals surface area contributed by atoms with Gasteiger partial charge in [0.05, 0.1) is 11.0 Å². The maximum atomic E-state index is 13.4. The number of benzene rings is 3. The van der Waals surface area contributed by atoms with Crippen LogP contribution in [0.3, 0.4) is 0 Å². The molecule has 1 atom stereocenters. The molecule has 1 spiro atoms. The van der Waals surface area contributed by atoms with Gasteiger partial charge < -0.3 is 10.6 Å². The summed E-state index contributed by atoms with van der Waals surface area (Å²) in [5, 5.41) is 6.61. The van der Waals surface area contributed by atoms with Crippen molar-refractivity contribution in [2.45, 2.75) is 12.6 Å². The third-order valence-corrected chi connectivity index (χ3v) is 5.52. The van der Waals surface area contributed by atoms with Crippen LogP contribution in [-0.2, 0) is 10.5 Å². The van der Waals surface area contributed by atoms with Crippen molar-refractivity contribution in [3.05, 3.63) is 77.9 Å². The number of hydrogen-bond acceptors (Lipinski definition) is 3. The van der Waals surface area contributed by atoms with E-state index in [4.69, 9.17) is 4.98 Å². The largest absolute Gasteiger partial charge is 0.350 e. The van der Waals surface area contributed by atoms with E-state index in [9.17, 15) is 4.79 Å². The first-order valence-electron chi connectivity index (χ1n) is 8.96. The zero-order chi connectivity index (χ0) is 18.2. The van der Waals surface area contributed by atoms with Crippen LogP contribution in [0, 0.1) is 6.92 Å². The summed E-state index contributed by atoms with van der Waals surface area (Å²) >= 11 is 0. The van der Waals surface area contributed by atoms with Gasteiger partial charge in [-0.05, 0) is 43.3 Å². The van der Waals surface area contributed by atoms with E-state index in [1.807, 2.05) is 72.2 Å². The van der Waals surface area contributed by atoms with Gasteiger partial charge in [-0.15, -0.1) is 0 Å². The minimum atomic E-state index is -1.05. The Hall–Kier alpha value is -3.60. The number of anilines is 2. The van der Waals surface area contributed by atoms with Crippen LogP contribution in [0.15, 0.2) is 66.7 Å². The van der Waals surface area contributed by atoms with E-state index in [1.165, 1.54) is 0 Å². The van der Waals surface area contributed by atoms with Crippen LogP contribution in [0.5, 0.6) is 0 Å². The Morgan fingerprint density at radius 3 is 2.70 bits per heavy atom. The molecule has 3 heterocycles. The molecule has 0 aliphatic carbocycles. The van der Waals surface area contributed by atoms with Crippen molar-refractivity contribution in [1.82, 2.24) is 9.55 Å². The highest BCUT2D eigenvalue weighted by atomic mass is 16.2. The minimum Gasteiger partial charge on any atom is -0.350 e. The van der Waals surface area contributed by atoms with Gasteiger partial charge >= 0.3 is 0 Å². The lowest BCUT2D eigenvalue weighted by molar-refractivity contribution is -0.120. The average Bonchev–Trinajstić information content (AvgIpc) is 3.20. The first-order chi connectivity index (χ1) is 13.2. The van der Waals surface area contributed by atoms with Gasteiger partial charge in [-0.2, -0.15) is 0 Å². The lowest BCUT2D eigenvalue weighted by Gasteiger charge is -2.37. The smallest absolute Gasteiger partial charge is 0.276 e. The predicted molar refractivity (Wildman–Crippen MR) is 106 cm³/mol. The van der Waals surface area contributed by atoms with E-state index < -0.39 is 5.66 Å². The number of aromatic nitrogens is 2. The fourth-order valence-corrected chi connectivity index (χ4v) is 4.33. The number of hydrogen-bond donors (Lipinski definition) is 2. The molecule has 0 bridgehead atoms. The summed E-state index contributed by atoms with van der Waals surface area (Å²) in [7, 11) is 0. The van der Waals surface area contributed by atoms with Gasteiger partial charge in [-0.3, -0.25) is 9.36 Å². The Labute approximate surface area is 155 Å². The predicted octanol–water partition coefficient (Wildman–Crippen LogP) is 4.09. The van der Waals surface area contributed by atoms with E-state index in [0.717, 1.165) is 44.9 Å². The number of aryl methyl sites for hydroxylation is 1. The number of carbonyl (C=O) groups is 1. The zero-order valence-corrected chi connectivity index (χ0v) is 14.7. The van der Waals surface area contributed by atoms with Gasteiger partial charge in [0, 0.05) is 22.5 Å². The van der Waals surface area contributed by atoms with E-state index in [-0.39, 0.29) is 5.91 Å². The second-order valence-corrected chi connectivity index (χ2v) is 7.14. The summed E-state index contributed by atoms with van der Waals surface area (Å²) in [6, 6.07) is 22.0. The molecule has 0 fully saturated rings. The van der Waals surface area contributed by atoms with Crippen molar-refractivity contribution in [2.75, 3.05) is 10.6 Å². The highest BCUT2D eigenvalue weighted by Gasteiger charge is 2.53. The number of fused-ring (bicyclic) bond motifs is 8. The Morgan fingerprint density at radius 1 is 0.963 bits per heavy atom. The van der Waals surface area contributed by atoms with Crippen LogP contribution in [0.4, 0.5) is 11.4 Å². The molecule has 27 heavy (non-hydrogen) atoms. The van der Waals surface area contributed by atoms with Gasteiger partial charge in [-0.25, -0.2) is 4.98 Å². The Morgan fingerprint density at radius 2 is 1.78 bits per heavy atom. The highest BCUT2D eigenvalue weighted by molar-refractivity contribution is 6.10. The van der Waals surface area contributed by atoms with Crippen LogP contribution < -0.4 is 10.6 Å². The fraction of sp³-hybridized carbons (Fsp3) is 0.0909. The molecule has 0 radical (unpaired) electrons. The van der Waals surface area contributed by atoms with Gasteiger partial charge in [-0.1, -0.05) is 35.9 Å². The number of rotatable bonds is 0. The molecule has 2 N–H and O–H groups in total. The quantitative estimate of drug-likeness (QED) is 0.501. The van der Waals surface area contributed by atoms with Crippen LogP contribution >= 0.6 is 0 Å². The summed E-state index contributed by atoms with van der Waals surface area (Å²) in [5.74, 6) is 0.706. The standard InChI is InChI=1S/C22H16N4O/c1-13-10-11-17-15(12-13)22(21(27)24-17)25-16-7-3-2-6-14(16)20-23-18-8-4-5-9-19(18)26(20)22/h2-12,25H,1H3,(H,24,27)/t22-/m0/s1. The van der Waals surface area contributed by atoms with Crippen LogP contribution in [0.1, 0.15) is 11.1 Å². The molecular formula is C22H16N4O. The number of imidazole rings is 1. The maximum Gasteiger partial charge on any atom is 0.276 e. The van der Waals surface area contributed by atoms with E-state index in [0.29, 0.717) is 0 Å². The molecule has 0 saturated heterocycles. The lowest BCUT2D eigenvalue weighted by Crippen LogP contribution is -2.50. The third-order valence-electron chi connectivity index (χ3n) is 5.52. The molecule has 0 saturated carbocycles. The second kappa shape index (κ2) is 4.76. The highest BCUT2D eigenvalue weighted by Crippen LogP contribution is 2.48. The van der Waals surface area contributed by atoms with Crippen molar-refractivity contribution in [1.29, 1.82) is 0 Å². The molecule has 130 valence electrons. The maximum absolute atomic E-state index is 13.4. The lowest BCUT2D eigenvalue weighted by atomic mass is 9.94. The molecule has 4 aromatic rings. The van der Waals surface area contributed by atoms with Gasteiger partial charge in [0.25, 0.3) is 5.91 Å². The molecule has 3 aromatic carbocycles. The molecule has 0 unspecified atom stereocenters. The van der Waals surface area contributed by atoms with E-state index in [1.54, 1.807) is 0 Å². The van der Waals surface area contributed by atoms with Gasteiger partial charge in [0.1, 0.15) is 5.82 Å². The fourth-order valence-electron chi connectivity index (χ4n) is 4.33. The monoisotopic (exact) mass is 352 g/mol. The molecular weight excluding hydrogens is 336 g/mol. The van der Waals surface area contributed by atoms with Crippen molar-refractivity contribution in [3.8, 4) is 11.4 Å². The third kappa shape index (κ3) is 1.68. The number of nitrogens with one attached hydrogen (secondary N) is 2. The Bertz CT molecular complexity index is 1270. The summed E-state index contributed by atoms with van der Waals surface area (Å²) in [6.07, 6.45) is 0. The van der Waals surface area contributed by atoms with Crippen molar-refractivity contribution < 1.29 is 4.79 Å². The summed E-state index contributed by atoms with van der Waals surface area (Å²) in [6.45, 7) is 2.04. The molecule has 5 nitrogen and oxygen atoms in total. The first-order valence-corrected chi connectivity index (χ1v) is 8.96. The topological polar surface area (TPSA) is 59.0 Å². The van der Waals surface area contributed by atoms with Crippen molar-refractivity contribution >= 4 is 28.3 Å². The zero-order valence-electron chi connectivity index (χ0n) is 14.7. The average molecular weight is 352 g/mol. The molecule has 5 heteroatoms. The number of carbonyl (C=O) groups excluding carboxylic acids is 1. The first kappa shape index (κ1) is 14.6. The molecule has 2 aliphatic rings. The SMILES string of the molecule is Cc1ccc2c(c1)[C@@]1(Nc3ccccc3-c3nc4ccccc4n31)C(=O)N2. The van der Waals surface area contributed by atoms with Gasteiger partial charge in [0.2, 0.25) is 5.66 Å². The minimum absolute atomic E-state index is 0.0954. The van der Waals surface area contributed by atoms with Crippen molar-refractivity contribution in [3.63, 3.8) is 0 Å². The molecule has 2 aliphatic heterocycles. The number of nitrogens with zero attached hydrogens (tertiary/aromatic N) is 2. The summed E-state index contributed by atoms with van der Waals surface area (Å²) in [5.41, 5.74) is 5.52. The van der Waals surface area contributed by atoms with Crippen LogP contribution in [0.2, 0.25) is 0 Å². The number of amides is 1. The molecule has 6 rings (SSSR count). The summed E-state index contributed by atoms with van der Waals surface area (Å²) < 4.78 is 2.05. The normalized spacial score (nSPS) is 19.4. The number of para-hydroxylation sites is 3. The Kier molecular flexibility index (Phi) is 2.57.